The lowest BCUT2D eigenvalue weighted by molar-refractivity contribution is 0.311. The average Bonchev–Trinajstić information content (AvgIpc) is 2.20. The predicted octanol–water partition coefficient (Wildman–Crippen LogP) is 2.43. The van der Waals surface area contributed by atoms with Crippen molar-refractivity contribution in [2.24, 2.45) is 5.92 Å². The lowest BCUT2D eigenvalue weighted by Crippen LogP contribution is -2.38. The number of nitrogens with one attached hydrogen (secondary N) is 1. The molecule has 1 rings (SSSR count). The van der Waals surface area contributed by atoms with E-state index in [1.165, 1.54) is 38.1 Å². The molecule has 0 saturated heterocycles. The van der Waals surface area contributed by atoms with Crippen molar-refractivity contribution in [3.63, 3.8) is 0 Å². The van der Waals surface area contributed by atoms with Gasteiger partial charge in [-0.2, -0.15) is 0 Å². The molecular formula is C11H25NOSi. The molecule has 14 heavy (non-hydrogen) atoms. The lowest BCUT2D eigenvalue weighted by atomic mass is 9.91. The average molecular weight is 215 g/mol. The molecule has 0 aromatic rings. The summed E-state index contributed by atoms with van der Waals surface area (Å²) < 4.78 is 5.81. The Labute approximate surface area is 90.2 Å². The van der Waals surface area contributed by atoms with Crippen LogP contribution in [-0.4, -0.2) is 22.4 Å². The highest BCUT2D eigenvalue weighted by Crippen LogP contribution is 2.27. The maximum Gasteiger partial charge on any atom is 0.252 e. The summed E-state index contributed by atoms with van der Waals surface area (Å²) in [7, 11) is -1.06. The van der Waals surface area contributed by atoms with Crippen LogP contribution in [0.3, 0.4) is 0 Å². The zero-order valence-electron chi connectivity index (χ0n) is 9.72. The van der Waals surface area contributed by atoms with Gasteiger partial charge in [-0.25, -0.2) is 0 Å². The highest BCUT2D eigenvalue weighted by Gasteiger charge is 2.20. The van der Waals surface area contributed by atoms with Gasteiger partial charge in [-0.15, -0.1) is 0 Å². The van der Waals surface area contributed by atoms with E-state index in [9.17, 15) is 0 Å². The van der Waals surface area contributed by atoms with Gasteiger partial charge in [0.2, 0.25) is 0 Å². The standard InChI is InChI=1S/C11H25NOSi/c1-3-12-14(13-4-2)10-11-8-6-5-7-9-11/h11-12,14H,3-10H2,1-2H3. The van der Waals surface area contributed by atoms with Gasteiger partial charge in [-0.3, -0.25) is 0 Å². The van der Waals surface area contributed by atoms with E-state index < -0.39 is 9.20 Å². The number of rotatable bonds is 6. The summed E-state index contributed by atoms with van der Waals surface area (Å²) in [5.74, 6) is 0.964. The third-order valence-corrected chi connectivity index (χ3v) is 5.77. The van der Waals surface area contributed by atoms with E-state index in [0.29, 0.717) is 0 Å². The molecule has 1 aliphatic rings. The van der Waals surface area contributed by atoms with Crippen LogP contribution in [0.15, 0.2) is 0 Å². The molecule has 1 fully saturated rings. The summed E-state index contributed by atoms with van der Waals surface area (Å²) in [5, 5.41) is 0. The SMILES string of the molecule is CCN[SiH](CC1CCCCC1)OCC. The summed E-state index contributed by atoms with van der Waals surface area (Å²) in [6.07, 6.45) is 7.25. The van der Waals surface area contributed by atoms with E-state index in [1.807, 2.05) is 0 Å². The summed E-state index contributed by atoms with van der Waals surface area (Å²) in [6, 6.07) is 1.35. The first-order chi connectivity index (χ1) is 6.86. The Bertz CT molecular complexity index is 131. The second kappa shape index (κ2) is 7.43. The van der Waals surface area contributed by atoms with Crippen molar-refractivity contribution in [1.82, 2.24) is 4.98 Å². The highest BCUT2D eigenvalue weighted by molar-refractivity contribution is 6.48. The summed E-state index contributed by atoms with van der Waals surface area (Å²) in [4.78, 5) is 3.55. The zero-order chi connectivity index (χ0) is 10.2. The Hall–Kier alpha value is 0.137. The molecule has 1 atom stereocenters. The van der Waals surface area contributed by atoms with Crippen molar-refractivity contribution in [3.05, 3.63) is 0 Å². The van der Waals surface area contributed by atoms with E-state index in [1.54, 1.807) is 0 Å². The molecule has 1 aliphatic carbocycles. The van der Waals surface area contributed by atoms with Crippen molar-refractivity contribution in [2.75, 3.05) is 13.2 Å². The maximum atomic E-state index is 5.81. The largest absolute Gasteiger partial charge is 0.406 e. The molecule has 0 spiro atoms. The quantitative estimate of drug-likeness (QED) is 0.687. The fourth-order valence-electron chi connectivity index (χ4n) is 2.36. The second-order valence-corrected chi connectivity index (χ2v) is 6.43. The molecule has 0 amide bonds. The summed E-state index contributed by atoms with van der Waals surface area (Å²) in [5.41, 5.74) is 0. The molecule has 2 nitrogen and oxygen atoms in total. The van der Waals surface area contributed by atoms with Gasteiger partial charge in [0.25, 0.3) is 9.20 Å². The van der Waals surface area contributed by atoms with E-state index in [2.05, 4.69) is 18.8 Å². The van der Waals surface area contributed by atoms with Crippen LogP contribution in [0.4, 0.5) is 0 Å². The first-order valence-corrected chi connectivity index (χ1v) is 8.08. The van der Waals surface area contributed by atoms with Crippen molar-refractivity contribution < 1.29 is 4.43 Å². The Morgan fingerprint density at radius 3 is 2.50 bits per heavy atom. The van der Waals surface area contributed by atoms with E-state index in [4.69, 9.17) is 4.43 Å². The monoisotopic (exact) mass is 215 g/mol. The minimum Gasteiger partial charge on any atom is -0.406 e. The van der Waals surface area contributed by atoms with Crippen LogP contribution in [-0.2, 0) is 4.43 Å². The smallest absolute Gasteiger partial charge is 0.252 e. The number of hydrogen-bond acceptors (Lipinski definition) is 2. The summed E-state index contributed by atoms with van der Waals surface area (Å²) in [6.45, 7) is 6.25. The van der Waals surface area contributed by atoms with Crippen LogP contribution < -0.4 is 4.98 Å². The first kappa shape index (κ1) is 12.2. The molecule has 1 unspecified atom stereocenters. The fraction of sp³-hybridized carbons (Fsp3) is 1.00. The van der Waals surface area contributed by atoms with Gasteiger partial charge in [0.1, 0.15) is 0 Å². The molecule has 0 heterocycles. The van der Waals surface area contributed by atoms with E-state index >= 15 is 0 Å². The van der Waals surface area contributed by atoms with E-state index in [-0.39, 0.29) is 0 Å². The Kier molecular flexibility index (Phi) is 6.48. The molecule has 84 valence electrons. The molecule has 3 heteroatoms. The Morgan fingerprint density at radius 1 is 1.21 bits per heavy atom. The number of hydrogen-bond donors (Lipinski definition) is 1. The molecule has 0 bridgehead atoms. The minimum absolute atomic E-state index is 0.886. The molecule has 0 radical (unpaired) electrons. The van der Waals surface area contributed by atoms with Gasteiger partial charge in [-0.05, 0) is 25.4 Å². The summed E-state index contributed by atoms with van der Waals surface area (Å²) >= 11 is 0. The topological polar surface area (TPSA) is 21.3 Å². The van der Waals surface area contributed by atoms with Crippen LogP contribution in [0, 0.1) is 5.92 Å². The van der Waals surface area contributed by atoms with Crippen LogP contribution in [0.2, 0.25) is 6.04 Å². The molecule has 1 saturated carbocycles. The van der Waals surface area contributed by atoms with Crippen LogP contribution in [0.1, 0.15) is 46.0 Å². The normalized spacial score (nSPS) is 21.0. The van der Waals surface area contributed by atoms with Gasteiger partial charge in [-0.1, -0.05) is 39.0 Å². The van der Waals surface area contributed by atoms with Gasteiger partial charge in [0, 0.05) is 6.61 Å². The van der Waals surface area contributed by atoms with Crippen molar-refractivity contribution in [3.8, 4) is 0 Å². The first-order valence-electron chi connectivity index (χ1n) is 6.21. The third kappa shape index (κ3) is 4.58. The molecule has 0 aliphatic heterocycles. The minimum atomic E-state index is -1.06. The highest BCUT2D eigenvalue weighted by atomic mass is 28.3. The lowest BCUT2D eigenvalue weighted by Gasteiger charge is -2.25. The van der Waals surface area contributed by atoms with Gasteiger partial charge in [0.05, 0.1) is 0 Å². The predicted molar refractivity (Wildman–Crippen MR) is 63.8 cm³/mol. The fourth-order valence-corrected chi connectivity index (χ4v) is 4.72. The van der Waals surface area contributed by atoms with Gasteiger partial charge >= 0.3 is 0 Å². The van der Waals surface area contributed by atoms with Gasteiger partial charge < -0.3 is 9.41 Å². The van der Waals surface area contributed by atoms with Crippen LogP contribution >= 0.6 is 0 Å². The van der Waals surface area contributed by atoms with Crippen LogP contribution in [0.5, 0.6) is 0 Å². The maximum absolute atomic E-state index is 5.81. The van der Waals surface area contributed by atoms with Crippen molar-refractivity contribution in [2.45, 2.75) is 52.0 Å². The third-order valence-electron chi connectivity index (χ3n) is 3.07. The van der Waals surface area contributed by atoms with E-state index in [0.717, 1.165) is 19.1 Å². The second-order valence-electron chi connectivity index (χ2n) is 4.24. The zero-order valence-corrected chi connectivity index (χ0v) is 10.9. The van der Waals surface area contributed by atoms with Crippen molar-refractivity contribution in [1.29, 1.82) is 0 Å². The van der Waals surface area contributed by atoms with Gasteiger partial charge in [0.15, 0.2) is 0 Å². The molecule has 1 N–H and O–H groups in total. The molecule has 0 aromatic heterocycles. The van der Waals surface area contributed by atoms with Crippen LogP contribution in [0.25, 0.3) is 0 Å². The van der Waals surface area contributed by atoms with Crippen molar-refractivity contribution >= 4 is 9.20 Å². The molecule has 0 aromatic carbocycles. The Morgan fingerprint density at radius 2 is 1.93 bits per heavy atom. The Balaban J connectivity index is 2.21. The molecular weight excluding hydrogens is 190 g/mol.